The van der Waals surface area contributed by atoms with E-state index in [9.17, 15) is 22.8 Å². The van der Waals surface area contributed by atoms with Crippen LogP contribution in [0.2, 0.25) is 5.28 Å². The topological polar surface area (TPSA) is 63.2 Å². The van der Waals surface area contributed by atoms with Gasteiger partial charge in [0.15, 0.2) is 5.78 Å². The van der Waals surface area contributed by atoms with Crippen molar-refractivity contribution in [2.75, 3.05) is 6.54 Å². The highest BCUT2D eigenvalue weighted by atomic mass is 35.5. The molecule has 1 aliphatic heterocycles. The second-order valence-electron chi connectivity index (χ2n) is 7.04. The summed E-state index contributed by atoms with van der Waals surface area (Å²) < 4.78 is 38.3. The van der Waals surface area contributed by atoms with E-state index in [-0.39, 0.29) is 34.8 Å². The van der Waals surface area contributed by atoms with Gasteiger partial charge in [0.25, 0.3) is 5.91 Å². The first-order valence-electron chi connectivity index (χ1n) is 9.34. The van der Waals surface area contributed by atoms with E-state index in [1.807, 2.05) is 6.07 Å². The fourth-order valence-corrected chi connectivity index (χ4v) is 3.73. The average molecular weight is 446 g/mol. The number of hydrogen-bond donors (Lipinski definition) is 0. The van der Waals surface area contributed by atoms with Crippen LogP contribution < -0.4 is 0 Å². The van der Waals surface area contributed by atoms with Gasteiger partial charge in [0.1, 0.15) is 5.69 Å². The van der Waals surface area contributed by atoms with Crippen LogP contribution >= 0.6 is 11.6 Å². The van der Waals surface area contributed by atoms with Gasteiger partial charge in [-0.05, 0) is 47.3 Å². The first kappa shape index (κ1) is 21.0. The molecule has 158 valence electrons. The minimum Gasteiger partial charge on any atom is -0.333 e. The van der Waals surface area contributed by atoms with Gasteiger partial charge in [-0.1, -0.05) is 30.3 Å². The van der Waals surface area contributed by atoms with Crippen LogP contribution in [0.15, 0.2) is 54.7 Å². The predicted molar refractivity (Wildman–Crippen MR) is 107 cm³/mol. The van der Waals surface area contributed by atoms with Gasteiger partial charge in [-0.3, -0.25) is 9.59 Å². The molecule has 0 atom stereocenters. The number of ketones is 1. The molecule has 5 nitrogen and oxygen atoms in total. The number of carbonyl (C=O) groups is 2. The molecular formula is C22H15ClF3N3O2. The highest BCUT2D eigenvalue weighted by Gasteiger charge is 2.31. The van der Waals surface area contributed by atoms with Gasteiger partial charge in [-0.15, -0.1) is 0 Å². The van der Waals surface area contributed by atoms with Gasteiger partial charge in [0.2, 0.25) is 5.28 Å². The summed E-state index contributed by atoms with van der Waals surface area (Å²) in [6, 6.07) is 10.8. The van der Waals surface area contributed by atoms with E-state index in [1.165, 1.54) is 24.4 Å². The summed E-state index contributed by atoms with van der Waals surface area (Å²) in [7, 11) is 0. The molecule has 1 aromatic heterocycles. The number of halogens is 4. The third-order valence-electron chi connectivity index (χ3n) is 5.12. The van der Waals surface area contributed by atoms with Crippen molar-refractivity contribution in [1.82, 2.24) is 14.9 Å². The molecular weight excluding hydrogens is 431 g/mol. The molecule has 0 saturated heterocycles. The van der Waals surface area contributed by atoms with Gasteiger partial charge in [-0.2, -0.15) is 13.2 Å². The Bertz CT molecular complexity index is 1160. The molecule has 0 unspecified atom stereocenters. The zero-order valence-electron chi connectivity index (χ0n) is 16.0. The lowest BCUT2D eigenvalue weighted by atomic mass is 9.90. The van der Waals surface area contributed by atoms with Gasteiger partial charge >= 0.3 is 6.18 Å². The number of benzene rings is 2. The minimum absolute atomic E-state index is 0.0207. The second-order valence-corrected chi connectivity index (χ2v) is 7.37. The molecule has 9 heteroatoms. The number of amides is 1. The van der Waals surface area contributed by atoms with Crippen LogP contribution in [0, 0.1) is 0 Å². The first-order valence-corrected chi connectivity index (χ1v) is 9.72. The Morgan fingerprint density at radius 1 is 1.03 bits per heavy atom. The van der Waals surface area contributed by atoms with E-state index < -0.39 is 11.7 Å². The summed E-state index contributed by atoms with van der Waals surface area (Å²) in [5.74, 6) is -0.651. The zero-order valence-corrected chi connectivity index (χ0v) is 16.7. The highest BCUT2D eigenvalue weighted by molar-refractivity contribution is 6.28. The lowest BCUT2D eigenvalue weighted by Gasteiger charge is -2.29. The van der Waals surface area contributed by atoms with E-state index in [1.54, 1.807) is 17.0 Å². The zero-order chi connectivity index (χ0) is 22.2. The Morgan fingerprint density at radius 2 is 1.77 bits per heavy atom. The van der Waals surface area contributed by atoms with Crippen molar-refractivity contribution in [2.24, 2.45) is 0 Å². The summed E-state index contributed by atoms with van der Waals surface area (Å²) in [5, 5.41) is -0.0207. The van der Waals surface area contributed by atoms with Crippen molar-refractivity contribution in [3.63, 3.8) is 0 Å². The third kappa shape index (κ3) is 4.29. The number of alkyl halides is 3. The largest absolute Gasteiger partial charge is 0.416 e. The Kier molecular flexibility index (Phi) is 5.49. The van der Waals surface area contributed by atoms with Crippen LogP contribution in [-0.2, 0) is 19.1 Å². The number of fused-ring (bicyclic) bond motifs is 1. The summed E-state index contributed by atoms with van der Waals surface area (Å²) >= 11 is 5.76. The average Bonchev–Trinajstić information content (AvgIpc) is 2.77. The molecule has 0 spiro atoms. The lowest BCUT2D eigenvalue weighted by Crippen LogP contribution is -2.37. The van der Waals surface area contributed by atoms with Gasteiger partial charge in [0.05, 0.1) is 5.56 Å². The Hall–Kier alpha value is -3.26. The molecule has 0 fully saturated rings. The number of rotatable bonds is 3. The van der Waals surface area contributed by atoms with Crippen molar-refractivity contribution in [1.29, 1.82) is 0 Å². The van der Waals surface area contributed by atoms with E-state index in [4.69, 9.17) is 11.6 Å². The van der Waals surface area contributed by atoms with Crippen LogP contribution in [0.1, 0.15) is 43.1 Å². The number of nitrogens with zero attached hydrogens (tertiary/aromatic N) is 3. The lowest BCUT2D eigenvalue weighted by molar-refractivity contribution is -0.137. The van der Waals surface area contributed by atoms with Crippen molar-refractivity contribution in [2.45, 2.75) is 19.1 Å². The van der Waals surface area contributed by atoms with Gasteiger partial charge in [-0.25, -0.2) is 9.97 Å². The highest BCUT2D eigenvalue weighted by Crippen LogP contribution is 2.30. The fraction of sp³-hybridized carbons (Fsp3) is 0.182. The third-order valence-corrected chi connectivity index (χ3v) is 5.30. The summed E-state index contributed by atoms with van der Waals surface area (Å²) in [4.78, 5) is 35.0. The molecule has 2 heterocycles. The molecule has 1 aliphatic rings. The van der Waals surface area contributed by atoms with Gasteiger partial charge < -0.3 is 4.90 Å². The maximum Gasteiger partial charge on any atom is 0.416 e. The van der Waals surface area contributed by atoms with Crippen molar-refractivity contribution < 1.29 is 22.8 Å². The minimum atomic E-state index is -4.46. The van der Waals surface area contributed by atoms with E-state index in [0.29, 0.717) is 18.5 Å². The molecule has 4 rings (SSSR count). The second kappa shape index (κ2) is 8.11. The fourth-order valence-electron chi connectivity index (χ4n) is 3.58. The summed E-state index contributed by atoms with van der Waals surface area (Å²) in [6.07, 6.45) is -2.62. The van der Waals surface area contributed by atoms with Crippen LogP contribution in [-0.4, -0.2) is 33.1 Å². The maximum absolute atomic E-state index is 13.0. The molecule has 0 bridgehead atoms. The van der Waals surface area contributed by atoms with Crippen molar-refractivity contribution in [3.05, 3.63) is 93.5 Å². The molecule has 31 heavy (non-hydrogen) atoms. The Morgan fingerprint density at radius 3 is 2.45 bits per heavy atom. The Balaban J connectivity index is 1.58. The van der Waals surface area contributed by atoms with E-state index in [2.05, 4.69) is 9.97 Å². The van der Waals surface area contributed by atoms with Crippen LogP contribution in [0.3, 0.4) is 0 Å². The monoisotopic (exact) mass is 445 g/mol. The molecule has 0 aliphatic carbocycles. The van der Waals surface area contributed by atoms with Crippen molar-refractivity contribution in [3.8, 4) is 0 Å². The normalized spacial score (nSPS) is 13.6. The molecule has 2 aromatic carbocycles. The smallest absolute Gasteiger partial charge is 0.333 e. The number of aromatic nitrogens is 2. The van der Waals surface area contributed by atoms with E-state index >= 15 is 0 Å². The number of hydrogen-bond acceptors (Lipinski definition) is 4. The molecule has 0 radical (unpaired) electrons. The summed E-state index contributed by atoms with van der Waals surface area (Å²) in [6.45, 7) is 0.648. The van der Waals surface area contributed by atoms with Crippen LogP contribution in [0.4, 0.5) is 13.2 Å². The molecule has 0 saturated carbocycles. The molecule has 0 N–H and O–H groups in total. The van der Waals surface area contributed by atoms with Gasteiger partial charge in [0, 0.05) is 30.4 Å². The first-order chi connectivity index (χ1) is 14.7. The number of carbonyl (C=O) groups excluding carboxylic acids is 2. The SMILES string of the molecule is O=C(c1ccc(C(F)(F)F)cc1)c1cccc2c1CCN(C(=O)c1ccnc(Cl)n1)C2. The Labute approximate surface area is 180 Å². The van der Waals surface area contributed by atoms with Crippen LogP contribution in [0.5, 0.6) is 0 Å². The molecule has 3 aromatic rings. The molecule has 1 amide bonds. The van der Waals surface area contributed by atoms with Crippen LogP contribution in [0.25, 0.3) is 0 Å². The quantitative estimate of drug-likeness (QED) is 0.437. The standard InChI is InChI=1S/C22H15ClF3N3O2/c23-21-27-10-8-18(28-21)20(31)29-11-9-16-14(12-29)2-1-3-17(16)19(30)13-4-6-15(7-5-13)22(24,25)26/h1-8,10H,9,11-12H2. The maximum atomic E-state index is 13.0. The summed E-state index contributed by atoms with van der Waals surface area (Å²) in [5.41, 5.74) is 1.57. The van der Waals surface area contributed by atoms with Crippen molar-refractivity contribution >= 4 is 23.3 Å². The van der Waals surface area contributed by atoms with E-state index in [0.717, 1.165) is 23.3 Å². The predicted octanol–water partition coefficient (Wildman–Crippen LogP) is 4.58.